The minimum absolute atomic E-state index is 0.0281. The van der Waals surface area contributed by atoms with Crippen molar-refractivity contribution in [2.45, 2.75) is 66.2 Å². The van der Waals surface area contributed by atoms with Gasteiger partial charge in [0.1, 0.15) is 0 Å². The van der Waals surface area contributed by atoms with Crippen LogP contribution in [0.5, 0.6) is 11.5 Å². The smallest absolute Gasteiger partial charge is 0.309 e. The van der Waals surface area contributed by atoms with E-state index in [4.69, 9.17) is 14.2 Å². The van der Waals surface area contributed by atoms with Crippen LogP contribution in [-0.4, -0.2) is 49.9 Å². The van der Waals surface area contributed by atoms with Crippen molar-refractivity contribution < 1.29 is 38.5 Å². The topological polar surface area (TPSA) is 116 Å². The summed E-state index contributed by atoms with van der Waals surface area (Å²) in [6, 6.07) is 11.6. The molecule has 2 aromatic carbocycles. The van der Waals surface area contributed by atoms with Crippen molar-refractivity contribution in [3.8, 4) is 11.5 Å². The van der Waals surface area contributed by atoms with Gasteiger partial charge in [-0.05, 0) is 72.9 Å². The Morgan fingerprint density at radius 3 is 1.67 bits per heavy atom. The van der Waals surface area contributed by atoms with Crippen LogP contribution in [0.1, 0.15) is 82.8 Å². The van der Waals surface area contributed by atoms with Crippen LogP contribution in [0.3, 0.4) is 0 Å². The van der Waals surface area contributed by atoms with Gasteiger partial charge in [-0.3, -0.25) is 19.2 Å². The van der Waals surface area contributed by atoms with Crippen molar-refractivity contribution in [1.82, 2.24) is 0 Å². The van der Waals surface area contributed by atoms with Crippen molar-refractivity contribution >= 4 is 66.4 Å². The Hall–Kier alpha value is -3.76. The number of aryl methyl sites for hydroxylation is 2. The number of Topliss-reactive ketones (excluding diaryl/α,β-unsaturated/α-hetero) is 2. The number of carboxylic acids is 1. The molecule has 4 rings (SSSR count). The summed E-state index contributed by atoms with van der Waals surface area (Å²) in [6.45, 7) is 8.07. The average Bonchev–Trinajstić information content (AvgIpc) is 3.63. The summed E-state index contributed by atoms with van der Waals surface area (Å²) in [5.74, 6) is -1.06. The van der Waals surface area contributed by atoms with Crippen molar-refractivity contribution in [1.29, 1.82) is 0 Å². The lowest BCUT2D eigenvalue weighted by Gasteiger charge is -2.11. The average molecular weight is 655 g/mol. The van der Waals surface area contributed by atoms with E-state index in [1.807, 2.05) is 32.0 Å². The highest BCUT2D eigenvalue weighted by molar-refractivity contribution is 7.21. The van der Waals surface area contributed by atoms with Crippen LogP contribution in [0.15, 0.2) is 36.4 Å². The fourth-order valence-corrected chi connectivity index (χ4v) is 7.19. The van der Waals surface area contributed by atoms with Gasteiger partial charge in [0.2, 0.25) is 0 Å². The number of carbonyl (C=O) groups excluding carboxylic acids is 3. The molecule has 0 spiro atoms. The predicted octanol–water partition coefficient (Wildman–Crippen LogP) is 8.67. The second-order valence-electron chi connectivity index (χ2n) is 11.0. The number of carbonyl (C=O) groups is 4. The van der Waals surface area contributed by atoms with Crippen LogP contribution < -0.4 is 9.47 Å². The standard InChI is InChI=1S/C18H22O3S.C17H20O5S/c1-5-6-13(18(20)21-4)9-15(19)17-10-14-7-11(2)12(3)8-16(14)22-17;1-4-5-10(17(19)20)6-12(18)16-8-11-7-13(21-2)14(22-3)9-15(11)23-16/h7-8,10,13H,5-6,9H2,1-4H3;7-10H,4-6H2,1-3H3,(H,19,20). The highest BCUT2D eigenvalue weighted by atomic mass is 32.1. The zero-order valence-electron chi connectivity index (χ0n) is 27.0. The predicted molar refractivity (Wildman–Crippen MR) is 181 cm³/mol. The summed E-state index contributed by atoms with van der Waals surface area (Å²) in [7, 11) is 4.50. The molecule has 242 valence electrons. The van der Waals surface area contributed by atoms with E-state index >= 15 is 0 Å². The summed E-state index contributed by atoms with van der Waals surface area (Å²) in [5.41, 5.74) is 2.45. The first-order chi connectivity index (χ1) is 21.4. The highest BCUT2D eigenvalue weighted by Gasteiger charge is 2.24. The number of ether oxygens (including phenoxy) is 3. The summed E-state index contributed by atoms with van der Waals surface area (Å²) in [5, 5.41) is 11.2. The summed E-state index contributed by atoms with van der Waals surface area (Å²) < 4.78 is 17.4. The van der Waals surface area contributed by atoms with Crippen LogP contribution in [0, 0.1) is 25.7 Å². The molecule has 0 aliphatic rings. The van der Waals surface area contributed by atoms with Crippen molar-refractivity contribution in [2.75, 3.05) is 21.3 Å². The van der Waals surface area contributed by atoms with Gasteiger partial charge in [-0.25, -0.2) is 0 Å². The lowest BCUT2D eigenvalue weighted by Crippen LogP contribution is -2.19. The van der Waals surface area contributed by atoms with Crippen LogP contribution >= 0.6 is 22.7 Å². The molecule has 10 heteroatoms. The molecule has 0 aliphatic carbocycles. The fourth-order valence-electron chi connectivity index (χ4n) is 5.07. The Labute approximate surface area is 272 Å². The number of rotatable bonds is 14. The number of esters is 1. The van der Waals surface area contributed by atoms with Gasteiger partial charge in [-0.1, -0.05) is 32.8 Å². The van der Waals surface area contributed by atoms with E-state index in [1.165, 1.54) is 40.9 Å². The van der Waals surface area contributed by atoms with E-state index in [2.05, 4.69) is 26.0 Å². The van der Waals surface area contributed by atoms with E-state index in [-0.39, 0.29) is 36.3 Å². The van der Waals surface area contributed by atoms with Gasteiger partial charge in [-0.15, -0.1) is 22.7 Å². The van der Waals surface area contributed by atoms with Crippen molar-refractivity contribution in [2.24, 2.45) is 11.8 Å². The maximum atomic E-state index is 12.5. The number of fused-ring (bicyclic) bond motifs is 2. The zero-order valence-corrected chi connectivity index (χ0v) is 28.6. The second kappa shape index (κ2) is 16.5. The molecule has 0 aliphatic heterocycles. The van der Waals surface area contributed by atoms with E-state index in [0.717, 1.165) is 37.9 Å². The SMILES string of the molecule is CCCC(CC(=O)c1cc2cc(C)c(C)cc2s1)C(=O)OC.CCCC(CC(=O)c1cc2cc(OC)c(OC)cc2s1)C(=O)O. The number of carboxylic acid groups (broad SMARTS) is 1. The molecule has 8 nitrogen and oxygen atoms in total. The van der Waals surface area contributed by atoms with E-state index < -0.39 is 11.9 Å². The molecule has 0 saturated carbocycles. The van der Waals surface area contributed by atoms with Gasteiger partial charge >= 0.3 is 11.9 Å². The summed E-state index contributed by atoms with van der Waals surface area (Å²) in [6.07, 6.45) is 3.05. The van der Waals surface area contributed by atoms with E-state index in [0.29, 0.717) is 29.2 Å². The molecule has 0 fully saturated rings. The Morgan fingerprint density at radius 1 is 0.689 bits per heavy atom. The van der Waals surface area contributed by atoms with E-state index in [1.54, 1.807) is 20.3 Å². The number of benzene rings is 2. The van der Waals surface area contributed by atoms with Gasteiger partial charge in [-0.2, -0.15) is 0 Å². The Morgan fingerprint density at radius 2 is 1.16 bits per heavy atom. The first kappa shape index (κ1) is 35.7. The van der Waals surface area contributed by atoms with Gasteiger partial charge in [0.05, 0.1) is 42.9 Å². The maximum Gasteiger partial charge on any atom is 0.309 e. The van der Waals surface area contributed by atoms with Crippen molar-refractivity contribution in [3.63, 3.8) is 0 Å². The molecular formula is C35H42O8S2. The van der Waals surface area contributed by atoms with Gasteiger partial charge in [0, 0.05) is 28.3 Å². The number of thiophene rings is 2. The van der Waals surface area contributed by atoms with Gasteiger partial charge in [0.25, 0.3) is 0 Å². The summed E-state index contributed by atoms with van der Waals surface area (Å²) >= 11 is 2.85. The molecule has 2 atom stereocenters. The number of hydrogen-bond acceptors (Lipinski definition) is 9. The number of methoxy groups -OCH3 is 3. The summed E-state index contributed by atoms with van der Waals surface area (Å²) in [4.78, 5) is 49.2. The Bertz CT molecular complexity index is 1590. The fraction of sp³-hybridized carbons (Fsp3) is 0.429. The molecular weight excluding hydrogens is 613 g/mol. The molecule has 1 N–H and O–H groups in total. The maximum absolute atomic E-state index is 12.5. The van der Waals surface area contributed by atoms with E-state index in [9.17, 15) is 24.3 Å². The van der Waals surface area contributed by atoms with Crippen LogP contribution in [0.4, 0.5) is 0 Å². The second-order valence-corrected chi connectivity index (χ2v) is 13.2. The highest BCUT2D eigenvalue weighted by Crippen LogP contribution is 2.37. The van der Waals surface area contributed by atoms with Crippen LogP contribution in [-0.2, 0) is 14.3 Å². The van der Waals surface area contributed by atoms with Crippen molar-refractivity contribution in [3.05, 3.63) is 57.3 Å². The first-order valence-electron chi connectivity index (χ1n) is 15.0. The zero-order chi connectivity index (χ0) is 33.3. The molecule has 45 heavy (non-hydrogen) atoms. The third kappa shape index (κ3) is 9.14. The van der Waals surface area contributed by atoms with Gasteiger partial charge < -0.3 is 19.3 Å². The minimum atomic E-state index is -0.912. The first-order valence-corrected chi connectivity index (χ1v) is 16.6. The third-order valence-electron chi connectivity index (χ3n) is 7.73. The molecule has 0 bridgehead atoms. The Balaban J connectivity index is 0.000000246. The van der Waals surface area contributed by atoms with Crippen LogP contribution in [0.25, 0.3) is 20.2 Å². The molecule has 4 aromatic rings. The molecule has 2 unspecified atom stereocenters. The number of aliphatic carboxylic acids is 1. The molecule has 2 aromatic heterocycles. The Kier molecular flexibility index (Phi) is 13.1. The monoisotopic (exact) mass is 654 g/mol. The molecule has 0 radical (unpaired) electrons. The lowest BCUT2D eigenvalue weighted by atomic mass is 9.97. The molecule has 0 saturated heterocycles. The third-order valence-corrected chi connectivity index (χ3v) is 10.0. The van der Waals surface area contributed by atoms with Gasteiger partial charge in [0.15, 0.2) is 23.1 Å². The lowest BCUT2D eigenvalue weighted by molar-refractivity contribution is -0.145. The number of hydrogen-bond donors (Lipinski definition) is 1. The molecule has 2 heterocycles. The quantitative estimate of drug-likeness (QED) is 0.106. The largest absolute Gasteiger partial charge is 0.493 e. The number of ketones is 2. The molecule has 0 amide bonds. The minimum Gasteiger partial charge on any atom is -0.493 e. The van der Waals surface area contributed by atoms with Crippen LogP contribution in [0.2, 0.25) is 0 Å². The normalized spacial score (nSPS) is 12.2.